The Morgan fingerprint density at radius 3 is 2.59 bits per heavy atom. The second kappa shape index (κ2) is 8.50. The van der Waals surface area contributed by atoms with Gasteiger partial charge in [-0.15, -0.1) is 11.8 Å². The van der Waals surface area contributed by atoms with Crippen LogP contribution < -0.4 is 11.3 Å². The fraction of sp³-hybridized carbons (Fsp3) is 0.538. The minimum absolute atomic E-state index is 0.189. The molecule has 0 spiro atoms. The first kappa shape index (κ1) is 14.5. The maximum atomic E-state index is 12.7. The monoisotopic (exact) mass is 256 g/mol. The molecule has 1 aromatic rings. The summed E-state index contributed by atoms with van der Waals surface area (Å²) in [6.45, 7) is 2.19. The molecule has 0 aromatic heterocycles. The highest BCUT2D eigenvalue weighted by molar-refractivity contribution is 7.99. The Bertz CT molecular complexity index is 303. The summed E-state index contributed by atoms with van der Waals surface area (Å²) in [5, 5.41) is 0. The smallest absolute Gasteiger partial charge is 0.123 e. The number of nitrogens with one attached hydrogen (secondary N) is 1. The van der Waals surface area contributed by atoms with Crippen molar-refractivity contribution in [2.75, 3.05) is 5.75 Å². The molecule has 17 heavy (non-hydrogen) atoms. The fourth-order valence-electron chi connectivity index (χ4n) is 1.58. The molecule has 3 N–H and O–H groups in total. The van der Waals surface area contributed by atoms with Crippen molar-refractivity contribution in [1.82, 2.24) is 5.43 Å². The molecule has 0 aliphatic rings. The number of rotatable bonds is 8. The lowest BCUT2D eigenvalue weighted by atomic mass is 10.1. The second-order valence-corrected chi connectivity index (χ2v) is 5.22. The third-order valence-corrected chi connectivity index (χ3v) is 3.83. The van der Waals surface area contributed by atoms with Crippen LogP contribution in [0.1, 0.15) is 32.6 Å². The first-order valence-corrected chi connectivity index (χ1v) is 7.09. The molecule has 2 nitrogen and oxygen atoms in total. The summed E-state index contributed by atoms with van der Waals surface area (Å²) in [6, 6.07) is 6.92. The molecule has 1 aromatic carbocycles. The normalized spacial score (nSPS) is 12.6. The zero-order valence-corrected chi connectivity index (χ0v) is 11.1. The predicted octanol–water partition coefficient (Wildman–Crippen LogP) is 3.33. The lowest BCUT2D eigenvalue weighted by Gasteiger charge is -2.15. The maximum Gasteiger partial charge on any atom is 0.123 e. The van der Waals surface area contributed by atoms with E-state index < -0.39 is 0 Å². The van der Waals surface area contributed by atoms with E-state index in [0.717, 1.165) is 17.1 Å². The van der Waals surface area contributed by atoms with E-state index in [1.807, 2.05) is 0 Å². The number of halogens is 1. The maximum absolute atomic E-state index is 12.7. The molecule has 0 aliphatic carbocycles. The van der Waals surface area contributed by atoms with Crippen LogP contribution in [0, 0.1) is 5.82 Å². The Hall–Kier alpha value is -0.580. The lowest BCUT2D eigenvalue weighted by Crippen LogP contribution is -2.36. The van der Waals surface area contributed by atoms with E-state index in [2.05, 4.69) is 12.3 Å². The highest BCUT2D eigenvalue weighted by atomic mass is 32.2. The largest absolute Gasteiger partial charge is 0.271 e. The quantitative estimate of drug-likeness (QED) is 0.324. The number of unbranched alkanes of at least 4 members (excludes halogenated alkanes) is 2. The Kier molecular flexibility index (Phi) is 7.24. The van der Waals surface area contributed by atoms with Crippen LogP contribution in [0.5, 0.6) is 0 Å². The van der Waals surface area contributed by atoms with Gasteiger partial charge < -0.3 is 0 Å². The Labute approximate surface area is 107 Å². The van der Waals surface area contributed by atoms with Crippen molar-refractivity contribution in [1.29, 1.82) is 0 Å². The van der Waals surface area contributed by atoms with Gasteiger partial charge in [-0.2, -0.15) is 0 Å². The van der Waals surface area contributed by atoms with Crippen LogP contribution in [-0.4, -0.2) is 11.8 Å². The average molecular weight is 256 g/mol. The van der Waals surface area contributed by atoms with Crippen LogP contribution in [0.4, 0.5) is 4.39 Å². The van der Waals surface area contributed by atoms with Crippen molar-refractivity contribution < 1.29 is 4.39 Å². The van der Waals surface area contributed by atoms with Crippen molar-refractivity contribution in [3.05, 3.63) is 30.1 Å². The number of thioether (sulfide) groups is 1. The molecule has 96 valence electrons. The number of hydrogen-bond donors (Lipinski definition) is 2. The summed E-state index contributed by atoms with van der Waals surface area (Å²) in [5.41, 5.74) is 2.85. The lowest BCUT2D eigenvalue weighted by molar-refractivity contribution is 0.506. The average Bonchev–Trinajstić information content (AvgIpc) is 2.35. The van der Waals surface area contributed by atoms with E-state index >= 15 is 0 Å². The number of hydrazine groups is 1. The van der Waals surface area contributed by atoms with Crippen molar-refractivity contribution in [3.63, 3.8) is 0 Å². The summed E-state index contributed by atoms with van der Waals surface area (Å²) >= 11 is 1.71. The topological polar surface area (TPSA) is 38.0 Å². The van der Waals surface area contributed by atoms with Gasteiger partial charge >= 0.3 is 0 Å². The van der Waals surface area contributed by atoms with E-state index in [-0.39, 0.29) is 5.82 Å². The number of benzene rings is 1. The van der Waals surface area contributed by atoms with Crippen LogP contribution >= 0.6 is 11.8 Å². The van der Waals surface area contributed by atoms with E-state index in [1.165, 1.54) is 31.4 Å². The Morgan fingerprint density at radius 2 is 2.00 bits per heavy atom. The van der Waals surface area contributed by atoms with Crippen molar-refractivity contribution in [2.24, 2.45) is 5.84 Å². The van der Waals surface area contributed by atoms with E-state index in [0.29, 0.717) is 6.04 Å². The first-order chi connectivity index (χ1) is 8.26. The molecule has 1 atom stereocenters. The van der Waals surface area contributed by atoms with Gasteiger partial charge in [-0.25, -0.2) is 4.39 Å². The zero-order valence-electron chi connectivity index (χ0n) is 10.3. The van der Waals surface area contributed by atoms with Gasteiger partial charge in [0.1, 0.15) is 5.82 Å². The summed E-state index contributed by atoms with van der Waals surface area (Å²) in [7, 11) is 0. The molecule has 0 saturated heterocycles. The van der Waals surface area contributed by atoms with Crippen LogP contribution in [0.3, 0.4) is 0 Å². The van der Waals surface area contributed by atoms with E-state index in [9.17, 15) is 4.39 Å². The van der Waals surface area contributed by atoms with Crippen LogP contribution in [0.25, 0.3) is 0 Å². The SMILES string of the molecule is CCCCCC(CSc1ccc(F)cc1)NN. The van der Waals surface area contributed by atoms with Gasteiger partial charge in [0.2, 0.25) is 0 Å². The third-order valence-electron chi connectivity index (χ3n) is 2.66. The summed E-state index contributed by atoms with van der Waals surface area (Å²) in [5.74, 6) is 6.25. The molecular formula is C13H21FN2S. The highest BCUT2D eigenvalue weighted by Gasteiger charge is 2.06. The van der Waals surface area contributed by atoms with Crippen LogP contribution in [0.15, 0.2) is 29.2 Å². The highest BCUT2D eigenvalue weighted by Crippen LogP contribution is 2.20. The Morgan fingerprint density at radius 1 is 1.29 bits per heavy atom. The summed E-state index contributed by atoms with van der Waals surface area (Å²) in [4.78, 5) is 1.09. The van der Waals surface area contributed by atoms with Gasteiger partial charge in [-0.3, -0.25) is 11.3 Å². The van der Waals surface area contributed by atoms with Gasteiger partial charge in [0, 0.05) is 16.7 Å². The van der Waals surface area contributed by atoms with E-state index in [4.69, 9.17) is 5.84 Å². The van der Waals surface area contributed by atoms with Gasteiger partial charge in [0.05, 0.1) is 0 Å². The van der Waals surface area contributed by atoms with Crippen molar-refractivity contribution >= 4 is 11.8 Å². The molecule has 1 unspecified atom stereocenters. The molecule has 0 fully saturated rings. The van der Waals surface area contributed by atoms with E-state index in [1.54, 1.807) is 23.9 Å². The molecule has 0 bridgehead atoms. The molecular weight excluding hydrogens is 235 g/mol. The Balaban J connectivity index is 2.29. The zero-order chi connectivity index (χ0) is 12.5. The van der Waals surface area contributed by atoms with Gasteiger partial charge in [0.25, 0.3) is 0 Å². The van der Waals surface area contributed by atoms with Gasteiger partial charge in [-0.05, 0) is 30.7 Å². The first-order valence-electron chi connectivity index (χ1n) is 6.10. The standard InChI is InChI=1S/C13H21FN2S/c1-2-3-4-5-12(16-15)10-17-13-8-6-11(14)7-9-13/h6-9,12,16H,2-5,10,15H2,1H3. The molecule has 0 aliphatic heterocycles. The van der Waals surface area contributed by atoms with Gasteiger partial charge in [0.15, 0.2) is 0 Å². The van der Waals surface area contributed by atoms with Crippen molar-refractivity contribution in [2.45, 2.75) is 43.5 Å². The predicted molar refractivity (Wildman–Crippen MR) is 72.4 cm³/mol. The molecule has 0 amide bonds. The molecule has 0 radical (unpaired) electrons. The van der Waals surface area contributed by atoms with Crippen LogP contribution in [-0.2, 0) is 0 Å². The molecule has 4 heteroatoms. The summed E-state index contributed by atoms with van der Waals surface area (Å²) in [6.07, 6.45) is 4.77. The van der Waals surface area contributed by atoms with Crippen molar-refractivity contribution in [3.8, 4) is 0 Å². The fourth-order valence-corrected chi connectivity index (χ4v) is 2.57. The van der Waals surface area contributed by atoms with Gasteiger partial charge in [-0.1, -0.05) is 26.2 Å². The third kappa shape index (κ3) is 6.05. The molecule has 0 saturated carbocycles. The van der Waals surface area contributed by atoms with Crippen LogP contribution in [0.2, 0.25) is 0 Å². The molecule has 0 heterocycles. The minimum atomic E-state index is -0.189. The molecule has 1 rings (SSSR count). The summed E-state index contributed by atoms with van der Waals surface area (Å²) < 4.78 is 12.7. The number of hydrogen-bond acceptors (Lipinski definition) is 3. The minimum Gasteiger partial charge on any atom is -0.271 e. The number of nitrogens with two attached hydrogens (primary N) is 1. The second-order valence-electron chi connectivity index (χ2n) is 4.12.